The maximum absolute atomic E-state index is 13.6. The van der Waals surface area contributed by atoms with Gasteiger partial charge in [-0.25, -0.2) is 4.39 Å². The van der Waals surface area contributed by atoms with Crippen LogP contribution in [0.1, 0.15) is 16.5 Å². The number of hydrogen-bond donors (Lipinski definition) is 1. The van der Waals surface area contributed by atoms with Crippen LogP contribution in [0.15, 0.2) is 28.1 Å². The summed E-state index contributed by atoms with van der Waals surface area (Å²) in [5, 5.41) is 1.03. The molecule has 0 bridgehead atoms. The van der Waals surface area contributed by atoms with Crippen LogP contribution in [0, 0.1) is 5.82 Å². The van der Waals surface area contributed by atoms with E-state index in [9.17, 15) is 4.39 Å². The van der Waals surface area contributed by atoms with E-state index in [4.69, 9.17) is 28.9 Å². The molecule has 0 aliphatic heterocycles. The lowest BCUT2D eigenvalue weighted by atomic mass is 10.1. The van der Waals surface area contributed by atoms with Gasteiger partial charge in [-0.3, -0.25) is 0 Å². The monoisotopic (exact) mass is 353 g/mol. The first-order valence-corrected chi connectivity index (χ1v) is 7.01. The first-order valence-electron chi connectivity index (χ1n) is 4.64. The van der Waals surface area contributed by atoms with Crippen molar-refractivity contribution in [2.75, 3.05) is 0 Å². The predicted molar refractivity (Wildman–Crippen MR) is 74.5 cm³/mol. The minimum atomic E-state index is -0.567. The molecule has 0 amide bonds. The second-order valence-corrected chi connectivity index (χ2v) is 6.66. The van der Waals surface area contributed by atoms with E-state index < -0.39 is 6.04 Å². The SMILES string of the molecule is NC(c1cc(Cl)c(Br)s1)c1cc(Cl)ccc1F. The van der Waals surface area contributed by atoms with Gasteiger partial charge >= 0.3 is 0 Å². The van der Waals surface area contributed by atoms with E-state index in [1.54, 1.807) is 6.07 Å². The third-order valence-electron chi connectivity index (χ3n) is 2.26. The lowest BCUT2D eigenvalue weighted by molar-refractivity contribution is 0.601. The number of hydrogen-bond acceptors (Lipinski definition) is 2. The van der Waals surface area contributed by atoms with Crippen molar-refractivity contribution in [2.24, 2.45) is 5.73 Å². The third-order valence-corrected chi connectivity index (χ3v) is 5.06. The first kappa shape index (κ1) is 13.3. The standard InChI is InChI=1S/C11H7BrCl2FNS/c12-11-7(14)4-9(17-11)10(16)6-3-5(13)1-2-8(6)15/h1-4,10H,16H2. The average Bonchev–Trinajstić information content (AvgIpc) is 2.62. The Balaban J connectivity index is 2.42. The fourth-order valence-corrected chi connectivity index (χ4v) is 3.37. The van der Waals surface area contributed by atoms with Crippen LogP contribution in [-0.4, -0.2) is 0 Å². The molecule has 2 N–H and O–H groups in total. The highest BCUT2D eigenvalue weighted by atomic mass is 79.9. The summed E-state index contributed by atoms with van der Waals surface area (Å²) in [6.07, 6.45) is 0. The minimum Gasteiger partial charge on any atom is -0.320 e. The number of benzene rings is 1. The van der Waals surface area contributed by atoms with Gasteiger partial charge in [-0.2, -0.15) is 0 Å². The Kier molecular flexibility index (Phi) is 4.10. The molecule has 0 aliphatic carbocycles. The second kappa shape index (κ2) is 5.24. The Hall–Kier alpha value is -0.130. The molecule has 2 rings (SSSR count). The quantitative estimate of drug-likeness (QED) is 0.806. The van der Waals surface area contributed by atoms with Crippen molar-refractivity contribution in [3.05, 3.63) is 54.4 Å². The maximum Gasteiger partial charge on any atom is 0.128 e. The molecule has 0 saturated carbocycles. The summed E-state index contributed by atoms with van der Waals surface area (Å²) >= 11 is 16.4. The van der Waals surface area contributed by atoms with E-state index in [0.29, 0.717) is 15.6 Å². The Morgan fingerprint density at radius 2 is 2.00 bits per heavy atom. The highest BCUT2D eigenvalue weighted by Gasteiger charge is 2.17. The van der Waals surface area contributed by atoms with Crippen molar-refractivity contribution in [1.82, 2.24) is 0 Å². The van der Waals surface area contributed by atoms with Crippen LogP contribution >= 0.6 is 50.5 Å². The van der Waals surface area contributed by atoms with Crippen LogP contribution in [0.3, 0.4) is 0 Å². The summed E-state index contributed by atoms with van der Waals surface area (Å²) in [5.41, 5.74) is 6.36. The van der Waals surface area contributed by atoms with Gasteiger partial charge in [-0.05, 0) is 40.2 Å². The topological polar surface area (TPSA) is 26.0 Å². The van der Waals surface area contributed by atoms with E-state index in [-0.39, 0.29) is 5.82 Å². The van der Waals surface area contributed by atoms with E-state index in [0.717, 1.165) is 8.66 Å². The summed E-state index contributed by atoms with van der Waals surface area (Å²) in [4.78, 5) is 0.781. The lowest BCUT2D eigenvalue weighted by Crippen LogP contribution is -2.12. The molecular formula is C11H7BrCl2FNS. The Morgan fingerprint density at radius 3 is 2.59 bits per heavy atom. The molecule has 1 heterocycles. The van der Waals surface area contributed by atoms with Gasteiger partial charge in [0.1, 0.15) is 5.82 Å². The van der Waals surface area contributed by atoms with Gasteiger partial charge in [0.05, 0.1) is 14.9 Å². The van der Waals surface area contributed by atoms with E-state index in [2.05, 4.69) is 15.9 Å². The van der Waals surface area contributed by atoms with Crippen molar-refractivity contribution >= 4 is 50.5 Å². The first-order chi connectivity index (χ1) is 7.99. The molecule has 1 nitrogen and oxygen atoms in total. The number of rotatable bonds is 2. The molecular weight excluding hydrogens is 348 g/mol. The molecule has 0 saturated heterocycles. The predicted octanol–water partition coefficient (Wildman–Crippen LogP) is 5.00. The van der Waals surface area contributed by atoms with Crippen molar-refractivity contribution in [3.8, 4) is 0 Å². The van der Waals surface area contributed by atoms with Crippen LogP contribution < -0.4 is 5.73 Å². The number of thiophene rings is 1. The Morgan fingerprint density at radius 1 is 1.29 bits per heavy atom. The van der Waals surface area contributed by atoms with E-state index >= 15 is 0 Å². The van der Waals surface area contributed by atoms with Crippen LogP contribution in [0.2, 0.25) is 10.0 Å². The molecule has 90 valence electrons. The van der Waals surface area contributed by atoms with E-state index in [1.807, 2.05) is 0 Å². The molecule has 0 aliphatic rings. The zero-order chi connectivity index (χ0) is 12.6. The van der Waals surface area contributed by atoms with Crippen LogP contribution in [0.25, 0.3) is 0 Å². The molecule has 1 aromatic heterocycles. The van der Waals surface area contributed by atoms with Crippen molar-refractivity contribution in [3.63, 3.8) is 0 Å². The van der Waals surface area contributed by atoms with Gasteiger partial charge in [-0.1, -0.05) is 23.2 Å². The largest absolute Gasteiger partial charge is 0.320 e. The summed E-state index contributed by atoms with van der Waals surface area (Å²) in [6.45, 7) is 0. The number of nitrogens with two attached hydrogens (primary N) is 1. The van der Waals surface area contributed by atoms with Gasteiger partial charge in [0, 0.05) is 15.5 Å². The third kappa shape index (κ3) is 2.83. The summed E-state index contributed by atoms with van der Waals surface area (Å²) in [7, 11) is 0. The zero-order valence-electron chi connectivity index (χ0n) is 8.38. The fraction of sp³-hybridized carbons (Fsp3) is 0.0909. The summed E-state index contributed by atoms with van der Waals surface area (Å²) in [6, 6.07) is 5.49. The van der Waals surface area contributed by atoms with Crippen LogP contribution in [0.4, 0.5) is 4.39 Å². The Bertz CT molecular complexity index is 539. The van der Waals surface area contributed by atoms with Crippen LogP contribution in [-0.2, 0) is 0 Å². The molecule has 17 heavy (non-hydrogen) atoms. The molecule has 0 fully saturated rings. The number of halogens is 4. The molecule has 6 heteroatoms. The maximum atomic E-state index is 13.6. The van der Waals surface area contributed by atoms with Gasteiger partial charge < -0.3 is 5.73 Å². The molecule has 1 atom stereocenters. The molecule has 1 aromatic carbocycles. The van der Waals surface area contributed by atoms with Crippen molar-refractivity contribution in [1.29, 1.82) is 0 Å². The van der Waals surface area contributed by atoms with Gasteiger partial charge in [0.2, 0.25) is 0 Å². The summed E-state index contributed by atoms with van der Waals surface area (Å²) in [5.74, 6) is -0.373. The molecule has 0 spiro atoms. The van der Waals surface area contributed by atoms with Gasteiger partial charge in [-0.15, -0.1) is 11.3 Å². The van der Waals surface area contributed by atoms with Crippen molar-refractivity contribution < 1.29 is 4.39 Å². The van der Waals surface area contributed by atoms with Gasteiger partial charge in [0.15, 0.2) is 0 Å². The van der Waals surface area contributed by atoms with Gasteiger partial charge in [0.25, 0.3) is 0 Å². The molecule has 1 unspecified atom stereocenters. The molecule has 2 aromatic rings. The second-order valence-electron chi connectivity index (χ2n) is 3.41. The average molecular weight is 355 g/mol. The van der Waals surface area contributed by atoms with Crippen LogP contribution in [0.5, 0.6) is 0 Å². The molecule has 0 radical (unpaired) electrons. The van der Waals surface area contributed by atoms with Crippen molar-refractivity contribution in [2.45, 2.75) is 6.04 Å². The Labute approximate surface area is 120 Å². The zero-order valence-corrected chi connectivity index (χ0v) is 12.3. The fourth-order valence-electron chi connectivity index (χ4n) is 1.42. The summed E-state index contributed by atoms with van der Waals surface area (Å²) < 4.78 is 14.4. The normalized spacial score (nSPS) is 12.8. The van der Waals surface area contributed by atoms with E-state index in [1.165, 1.54) is 29.5 Å². The smallest absolute Gasteiger partial charge is 0.128 e. The highest BCUT2D eigenvalue weighted by molar-refractivity contribution is 9.11. The minimum absolute atomic E-state index is 0.364. The lowest BCUT2D eigenvalue weighted by Gasteiger charge is -2.11. The highest BCUT2D eigenvalue weighted by Crippen LogP contribution is 2.37.